The van der Waals surface area contributed by atoms with Crippen molar-refractivity contribution in [2.45, 2.75) is 50.9 Å². The molecule has 2 aliphatic rings. The van der Waals surface area contributed by atoms with Gasteiger partial charge in [-0.25, -0.2) is 0 Å². The molecule has 4 amide bonds. The summed E-state index contributed by atoms with van der Waals surface area (Å²) in [7, 11) is 0. The molecule has 2 rings (SSSR count). The quantitative estimate of drug-likeness (QED) is 0.680. The van der Waals surface area contributed by atoms with E-state index in [1.807, 2.05) is 13.8 Å². The average molecular weight is 324 g/mol. The van der Waals surface area contributed by atoms with E-state index >= 15 is 0 Å². The van der Waals surface area contributed by atoms with Crippen LogP contribution in [0.25, 0.3) is 0 Å². The second-order valence-corrected chi connectivity index (χ2v) is 6.83. The first-order chi connectivity index (χ1) is 10.4. The first-order valence-corrected chi connectivity index (χ1v) is 8.49. The van der Waals surface area contributed by atoms with Crippen LogP contribution in [-0.4, -0.2) is 56.5 Å². The summed E-state index contributed by atoms with van der Waals surface area (Å²) < 4.78 is 0. The number of carbonyl (C=O) groups excluding carboxylic acids is 4. The van der Waals surface area contributed by atoms with E-state index in [2.05, 4.69) is 0 Å². The lowest BCUT2D eigenvalue weighted by Crippen LogP contribution is -2.54. The molecule has 0 aromatic heterocycles. The van der Waals surface area contributed by atoms with Crippen molar-refractivity contribution in [1.82, 2.24) is 9.80 Å². The Labute approximate surface area is 133 Å². The molecule has 0 N–H and O–H groups in total. The standard InChI is InChI=1S/C15H20N2O4S/c1-4-10(9(3)16-12(18)6-7-13(16)19)17-14(20)8-11(15(17)21)22-5-2/h6-7,9-11H,4-5,8H2,1-3H3. The summed E-state index contributed by atoms with van der Waals surface area (Å²) in [5.41, 5.74) is 0. The number of hydrogen-bond acceptors (Lipinski definition) is 5. The summed E-state index contributed by atoms with van der Waals surface area (Å²) >= 11 is 1.46. The maximum atomic E-state index is 12.5. The molecular weight excluding hydrogens is 304 g/mol. The average Bonchev–Trinajstić information content (AvgIpc) is 2.94. The van der Waals surface area contributed by atoms with Gasteiger partial charge in [0.15, 0.2) is 0 Å². The van der Waals surface area contributed by atoms with Crippen molar-refractivity contribution in [3.05, 3.63) is 12.2 Å². The highest BCUT2D eigenvalue weighted by molar-refractivity contribution is 8.00. The minimum atomic E-state index is -0.529. The topological polar surface area (TPSA) is 74.8 Å². The number of nitrogens with zero attached hydrogens (tertiary/aromatic N) is 2. The summed E-state index contributed by atoms with van der Waals surface area (Å²) in [6.07, 6.45) is 3.13. The zero-order valence-electron chi connectivity index (χ0n) is 12.9. The van der Waals surface area contributed by atoms with Crippen molar-refractivity contribution >= 4 is 35.4 Å². The third kappa shape index (κ3) is 2.82. The van der Waals surface area contributed by atoms with Crippen LogP contribution in [-0.2, 0) is 19.2 Å². The van der Waals surface area contributed by atoms with Crippen LogP contribution >= 0.6 is 11.8 Å². The Hall–Kier alpha value is -1.63. The van der Waals surface area contributed by atoms with E-state index in [4.69, 9.17) is 0 Å². The predicted octanol–water partition coefficient (Wildman–Crippen LogP) is 0.959. The van der Waals surface area contributed by atoms with Gasteiger partial charge in [-0.15, -0.1) is 11.8 Å². The van der Waals surface area contributed by atoms with E-state index in [0.717, 1.165) is 10.7 Å². The largest absolute Gasteiger partial charge is 0.276 e. The van der Waals surface area contributed by atoms with Gasteiger partial charge < -0.3 is 0 Å². The van der Waals surface area contributed by atoms with Gasteiger partial charge in [0.05, 0.1) is 17.3 Å². The molecule has 0 aromatic rings. The number of imide groups is 2. The second kappa shape index (κ2) is 6.64. The number of likely N-dealkylation sites (tertiary alicyclic amines) is 1. The SMILES string of the molecule is CCSC1CC(=O)N(C(CC)C(C)N2C(=O)C=CC2=O)C1=O. The van der Waals surface area contributed by atoms with Crippen LogP contribution in [0.1, 0.15) is 33.6 Å². The van der Waals surface area contributed by atoms with Crippen molar-refractivity contribution in [1.29, 1.82) is 0 Å². The second-order valence-electron chi connectivity index (χ2n) is 5.35. The molecule has 1 fully saturated rings. The highest BCUT2D eigenvalue weighted by Gasteiger charge is 2.45. The van der Waals surface area contributed by atoms with E-state index in [0.29, 0.717) is 6.42 Å². The van der Waals surface area contributed by atoms with Gasteiger partial charge in [-0.2, -0.15) is 0 Å². The molecule has 7 heteroatoms. The van der Waals surface area contributed by atoms with E-state index in [9.17, 15) is 19.2 Å². The molecule has 2 aliphatic heterocycles. The molecule has 22 heavy (non-hydrogen) atoms. The number of hydrogen-bond donors (Lipinski definition) is 0. The maximum absolute atomic E-state index is 12.5. The Morgan fingerprint density at radius 2 is 1.73 bits per heavy atom. The fourth-order valence-corrected chi connectivity index (χ4v) is 3.95. The Morgan fingerprint density at radius 1 is 1.14 bits per heavy atom. The predicted molar refractivity (Wildman–Crippen MR) is 82.9 cm³/mol. The fraction of sp³-hybridized carbons (Fsp3) is 0.600. The number of rotatable bonds is 6. The lowest BCUT2D eigenvalue weighted by Gasteiger charge is -2.35. The smallest absolute Gasteiger partial charge is 0.253 e. The summed E-state index contributed by atoms with van der Waals surface area (Å²) in [4.78, 5) is 50.7. The van der Waals surface area contributed by atoms with Crippen LogP contribution < -0.4 is 0 Å². The molecule has 2 heterocycles. The third-order valence-electron chi connectivity index (χ3n) is 4.07. The monoisotopic (exact) mass is 324 g/mol. The van der Waals surface area contributed by atoms with Gasteiger partial charge in [-0.1, -0.05) is 13.8 Å². The molecule has 0 aliphatic carbocycles. The normalized spacial score (nSPS) is 24.6. The molecular formula is C15H20N2O4S. The number of thioether (sulfide) groups is 1. The molecule has 0 spiro atoms. The summed E-state index contributed by atoms with van der Waals surface area (Å²) in [5.74, 6) is -0.454. The molecule has 3 atom stereocenters. The lowest BCUT2D eigenvalue weighted by atomic mass is 10.0. The Morgan fingerprint density at radius 3 is 2.23 bits per heavy atom. The Balaban J connectivity index is 2.21. The molecule has 120 valence electrons. The van der Waals surface area contributed by atoms with Gasteiger partial charge in [0.25, 0.3) is 11.8 Å². The molecule has 6 nitrogen and oxygen atoms in total. The van der Waals surface area contributed by atoms with E-state index in [1.54, 1.807) is 6.92 Å². The summed E-state index contributed by atoms with van der Waals surface area (Å²) in [6.45, 7) is 5.50. The lowest BCUT2D eigenvalue weighted by molar-refractivity contribution is -0.149. The van der Waals surface area contributed by atoms with Crippen LogP contribution in [0.2, 0.25) is 0 Å². The van der Waals surface area contributed by atoms with Gasteiger partial charge >= 0.3 is 0 Å². The van der Waals surface area contributed by atoms with E-state index in [1.165, 1.54) is 28.8 Å². The minimum absolute atomic E-state index is 0.195. The first-order valence-electron chi connectivity index (χ1n) is 7.45. The first kappa shape index (κ1) is 16.7. The minimum Gasteiger partial charge on any atom is -0.276 e. The van der Waals surface area contributed by atoms with Crippen molar-refractivity contribution < 1.29 is 19.2 Å². The van der Waals surface area contributed by atoms with Gasteiger partial charge in [0, 0.05) is 18.6 Å². The molecule has 0 saturated carbocycles. The number of carbonyl (C=O) groups is 4. The zero-order valence-corrected chi connectivity index (χ0v) is 13.8. The third-order valence-corrected chi connectivity index (χ3v) is 5.17. The Kier molecular flexibility index (Phi) is 5.05. The Bertz CT molecular complexity index is 528. The van der Waals surface area contributed by atoms with E-state index in [-0.39, 0.29) is 23.5 Å². The van der Waals surface area contributed by atoms with Crippen LogP contribution in [0, 0.1) is 0 Å². The van der Waals surface area contributed by atoms with Crippen LogP contribution in [0.4, 0.5) is 0 Å². The zero-order chi connectivity index (χ0) is 16.4. The highest BCUT2D eigenvalue weighted by atomic mass is 32.2. The molecule has 3 unspecified atom stereocenters. The van der Waals surface area contributed by atoms with Crippen molar-refractivity contribution in [2.24, 2.45) is 0 Å². The van der Waals surface area contributed by atoms with Crippen LogP contribution in [0.5, 0.6) is 0 Å². The van der Waals surface area contributed by atoms with Crippen molar-refractivity contribution in [3.63, 3.8) is 0 Å². The molecule has 1 saturated heterocycles. The fourth-order valence-electron chi connectivity index (χ4n) is 3.03. The van der Waals surface area contributed by atoms with Gasteiger partial charge in [0.2, 0.25) is 11.8 Å². The van der Waals surface area contributed by atoms with E-state index < -0.39 is 23.9 Å². The van der Waals surface area contributed by atoms with Crippen LogP contribution in [0.3, 0.4) is 0 Å². The molecule has 0 bridgehead atoms. The molecule has 0 aromatic carbocycles. The van der Waals surface area contributed by atoms with Gasteiger partial charge in [0.1, 0.15) is 0 Å². The van der Waals surface area contributed by atoms with Crippen LogP contribution in [0.15, 0.2) is 12.2 Å². The van der Waals surface area contributed by atoms with Crippen molar-refractivity contribution in [3.8, 4) is 0 Å². The number of amides is 4. The summed E-state index contributed by atoms with van der Waals surface area (Å²) in [6, 6.07) is -1.01. The van der Waals surface area contributed by atoms with Gasteiger partial charge in [-0.3, -0.25) is 29.0 Å². The molecule has 0 radical (unpaired) electrons. The van der Waals surface area contributed by atoms with Gasteiger partial charge in [-0.05, 0) is 19.1 Å². The summed E-state index contributed by atoms with van der Waals surface area (Å²) in [5, 5.41) is -0.346. The van der Waals surface area contributed by atoms with Crippen molar-refractivity contribution in [2.75, 3.05) is 5.75 Å². The highest BCUT2D eigenvalue weighted by Crippen LogP contribution is 2.29. The maximum Gasteiger partial charge on any atom is 0.253 e.